The van der Waals surface area contributed by atoms with Gasteiger partial charge in [-0.1, -0.05) is 18.2 Å². The van der Waals surface area contributed by atoms with Crippen LogP contribution in [-0.4, -0.2) is 45.8 Å². The molecule has 6 heteroatoms. The van der Waals surface area contributed by atoms with Crippen LogP contribution < -0.4 is 4.74 Å². The van der Waals surface area contributed by atoms with Crippen molar-refractivity contribution in [2.45, 2.75) is 45.1 Å². The van der Waals surface area contributed by atoms with Crippen molar-refractivity contribution < 1.29 is 9.15 Å². The molecular formula is C23H28N4O2. The van der Waals surface area contributed by atoms with Gasteiger partial charge in [0.1, 0.15) is 11.9 Å². The lowest BCUT2D eigenvalue weighted by Crippen LogP contribution is -2.31. The Morgan fingerprint density at radius 1 is 1.21 bits per heavy atom. The summed E-state index contributed by atoms with van der Waals surface area (Å²) in [6.45, 7) is 5.69. The molecular weight excluding hydrogens is 364 g/mol. The van der Waals surface area contributed by atoms with Crippen LogP contribution in [0, 0.1) is 0 Å². The average Bonchev–Trinajstić information content (AvgIpc) is 3.40. The molecule has 0 saturated heterocycles. The van der Waals surface area contributed by atoms with Crippen LogP contribution in [0.2, 0.25) is 0 Å². The summed E-state index contributed by atoms with van der Waals surface area (Å²) in [4.78, 5) is 4.80. The Balaban J connectivity index is 1.19. The Kier molecular flexibility index (Phi) is 5.12. The highest BCUT2D eigenvalue weighted by Crippen LogP contribution is 2.28. The monoisotopic (exact) mass is 392 g/mol. The van der Waals surface area contributed by atoms with E-state index in [-0.39, 0.29) is 6.10 Å². The van der Waals surface area contributed by atoms with E-state index in [4.69, 9.17) is 14.3 Å². The minimum absolute atomic E-state index is 0.225. The fraction of sp³-hybridized carbons (Fsp3) is 0.435. The molecule has 3 aromatic rings. The van der Waals surface area contributed by atoms with E-state index < -0.39 is 0 Å². The van der Waals surface area contributed by atoms with Gasteiger partial charge < -0.3 is 9.15 Å². The van der Waals surface area contributed by atoms with Crippen molar-refractivity contribution in [3.63, 3.8) is 0 Å². The summed E-state index contributed by atoms with van der Waals surface area (Å²) in [5.74, 6) is 1.04. The van der Waals surface area contributed by atoms with E-state index in [1.165, 1.54) is 16.8 Å². The number of para-hydroxylation sites is 1. The van der Waals surface area contributed by atoms with Crippen LogP contribution in [0.1, 0.15) is 28.9 Å². The van der Waals surface area contributed by atoms with Crippen LogP contribution in [0.15, 0.2) is 53.3 Å². The summed E-state index contributed by atoms with van der Waals surface area (Å²) >= 11 is 0. The molecule has 2 aliphatic rings. The van der Waals surface area contributed by atoms with Crippen molar-refractivity contribution in [2.24, 2.45) is 0 Å². The molecule has 0 spiro atoms. The average molecular weight is 393 g/mol. The Morgan fingerprint density at radius 3 is 3.00 bits per heavy atom. The molecule has 5 rings (SSSR count). The number of likely N-dealkylation sites (N-methyl/N-ethyl adjacent to an activating group) is 1. The summed E-state index contributed by atoms with van der Waals surface area (Å²) in [5, 5.41) is 4.89. The maximum Gasteiger partial charge on any atom is 0.123 e. The molecule has 2 aromatic heterocycles. The lowest BCUT2D eigenvalue weighted by Gasteiger charge is -2.20. The molecule has 0 N–H and O–H groups in total. The molecule has 2 aliphatic heterocycles. The molecule has 0 fully saturated rings. The van der Waals surface area contributed by atoms with Crippen molar-refractivity contribution in [1.29, 1.82) is 0 Å². The normalized spacial score (nSPS) is 19.0. The number of fused-ring (bicyclic) bond motifs is 2. The second kappa shape index (κ2) is 8.05. The molecule has 0 radical (unpaired) electrons. The smallest absolute Gasteiger partial charge is 0.123 e. The van der Waals surface area contributed by atoms with Gasteiger partial charge >= 0.3 is 0 Å². The fourth-order valence-electron chi connectivity index (χ4n) is 4.49. The first-order valence-corrected chi connectivity index (χ1v) is 10.4. The maximum atomic E-state index is 6.10. The molecule has 0 saturated carbocycles. The molecule has 0 bridgehead atoms. The van der Waals surface area contributed by atoms with Gasteiger partial charge in [0.2, 0.25) is 0 Å². The van der Waals surface area contributed by atoms with Crippen molar-refractivity contribution in [3.05, 3.63) is 71.4 Å². The lowest BCUT2D eigenvalue weighted by atomic mass is 10.1. The Hall–Kier alpha value is -2.57. The third kappa shape index (κ3) is 4.23. The van der Waals surface area contributed by atoms with Crippen molar-refractivity contribution in [2.75, 3.05) is 20.1 Å². The minimum Gasteiger partial charge on any atom is -0.488 e. The van der Waals surface area contributed by atoms with Crippen LogP contribution >= 0.6 is 0 Å². The molecule has 4 heterocycles. The van der Waals surface area contributed by atoms with Gasteiger partial charge in [-0.2, -0.15) is 5.10 Å². The number of hydrogen-bond acceptors (Lipinski definition) is 5. The zero-order valence-corrected chi connectivity index (χ0v) is 17.0. The topological polar surface area (TPSA) is 46.7 Å². The summed E-state index contributed by atoms with van der Waals surface area (Å²) < 4.78 is 13.5. The Labute approximate surface area is 171 Å². The number of benzene rings is 1. The van der Waals surface area contributed by atoms with E-state index in [0.29, 0.717) is 0 Å². The van der Waals surface area contributed by atoms with Crippen molar-refractivity contribution >= 4 is 0 Å². The number of nitrogens with zero attached hydrogens (tertiary/aromatic N) is 4. The number of furan rings is 1. The van der Waals surface area contributed by atoms with Crippen LogP contribution in [0.3, 0.4) is 0 Å². The number of aromatic nitrogens is 2. The Bertz CT molecular complexity index is 925. The predicted octanol–water partition coefficient (Wildman–Crippen LogP) is 3.32. The van der Waals surface area contributed by atoms with Crippen LogP contribution in [-0.2, 0) is 32.6 Å². The molecule has 1 atom stereocenters. The second-order valence-corrected chi connectivity index (χ2v) is 8.29. The van der Waals surface area contributed by atoms with Gasteiger partial charge in [0.05, 0.1) is 23.9 Å². The van der Waals surface area contributed by atoms with E-state index in [1.807, 2.05) is 18.4 Å². The quantitative estimate of drug-likeness (QED) is 0.644. The predicted molar refractivity (Wildman–Crippen MR) is 111 cm³/mol. The second-order valence-electron chi connectivity index (χ2n) is 8.29. The SMILES string of the molecule is CN(Cc1cc2n(n1)CCCN(Cc1ccoc1)C2)C[C@@H]1Cc2ccccc2O1. The van der Waals surface area contributed by atoms with Gasteiger partial charge in [-0.05, 0) is 37.2 Å². The molecule has 152 valence electrons. The highest BCUT2D eigenvalue weighted by molar-refractivity contribution is 5.37. The highest BCUT2D eigenvalue weighted by atomic mass is 16.5. The zero-order valence-electron chi connectivity index (χ0n) is 17.0. The third-order valence-corrected chi connectivity index (χ3v) is 5.79. The number of hydrogen-bond donors (Lipinski definition) is 0. The fourth-order valence-corrected chi connectivity index (χ4v) is 4.49. The van der Waals surface area contributed by atoms with E-state index in [2.05, 4.69) is 45.8 Å². The van der Waals surface area contributed by atoms with Gasteiger partial charge in [-0.3, -0.25) is 14.5 Å². The summed E-state index contributed by atoms with van der Waals surface area (Å²) in [5.41, 5.74) is 5.00. The van der Waals surface area contributed by atoms with Crippen LogP contribution in [0.4, 0.5) is 0 Å². The van der Waals surface area contributed by atoms with Crippen molar-refractivity contribution in [1.82, 2.24) is 19.6 Å². The largest absolute Gasteiger partial charge is 0.488 e. The van der Waals surface area contributed by atoms with Crippen molar-refractivity contribution in [3.8, 4) is 5.75 Å². The minimum atomic E-state index is 0.225. The van der Waals surface area contributed by atoms with Crippen LogP contribution in [0.5, 0.6) is 5.75 Å². The Morgan fingerprint density at radius 2 is 2.14 bits per heavy atom. The first-order chi connectivity index (χ1) is 14.2. The van der Waals surface area contributed by atoms with E-state index in [9.17, 15) is 0 Å². The molecule has 6 nitrogen and oxygen atoms in total. The third-order valence-electron chi connectivity index (χ3n) is 5.79. The standard InChI is InChI=1S/C23H28N4O2/c1-25(16-22-11-19-5-2-3-6-23(19)29-22)14-20-12-21-15-26(8-4-9-27(21)24-20)13-18-7-10-28-17-18/h2-3,5-7,10,12,17,22H,4,8-9,11,13-16H2,1H3/t22-/m0/s1. The van der Waals surface area contributed by atoms with E-state index >= 15 is 0 Å². The summed E-state index contributed by atoms with van der Waals surface area (Å²) in [7, 11) is 2.15. The molecule has 0 unspecified atom stereocenters. The summed E-state index contributed by atoms with van der Waals surface area (Å²) in [6.07, 6.45) is 5.92. The molecule has 29 heavy (non-hydrogen) atoms. The number of aryl methyl sites for hydroxylation is 1. The molecule has 0 amide bonds. The van der Waals surface area contributed by atoms with Gasteiger partial charge in [-0.15, -0.1) is 0 Å². The number of rotatable bonds is 6. The van der Waals surface area contributed by atoms with E-state index in [1.54, 1.807) is 6.26 Å². The van der Waals surface area contributed by atoms with Gasteiger partial charge in [0, 0.05) is 51.3 Å². The molecule has 0 aliphatic carbocycles. The first kappa shape index (κ1) is 18.5. The lowest BCUT2D eigenvalue weighted by molar-refractivity contribution is 0.164. The number of ether oxygens (including phenoxy) is 1. The molecule has 1 aromatic carbocycles. The maximum absolute atomic E-state index is 6.10. The van der Waals surface area contributed by atoms with Gasteiger partial charge in [-0.25, -0.2) is 0 Å². The van der Waals surface area contributed by atoms with Crippen LogP contribution in [0.25, 0.3) is 0 Å². The first-order valence-electron chi connectivity index (χ1n) is 10.4. The highest BCUT2D eigenvalue weighted by Gasteiger charge is 2.24. The van der Waals surface area contributed by atoms with E-state index in [0.717, 1.165) is 63.6 Å². The summed E-state index contributed by atoms with van der Waals surface area (Å²) in [6, 6.07) is 12.7. The van der Waals surface area contributed by atoms with Gasteiger partial charge in [0.25, 0.3) is 0 Å². The zero-order chi connectivity index (χ0) is 19.6. The van der Waals surface area contributed by atoms with Gasteiger partial charge in [0.15, 0.2) is 0 Å².